The Balaban J connectivity index is 1.15. The molecule has 0 radical (unpaired) electrons. The molecule has 1 aliphatic heterocycles. The van der Waals surface area contributed by atoms with Crippen molar-refractivity contribution in [2.24, 2.45) is 0 Å². The molecule has 4 aromatic rings. The number of ether oxygens (including phenoxy) is 1. The molecular formula is C30H29N3O5. The summed E-state index contributed by atoms with van der Waals surface area (Å²) in [5, 5.41) is 8.75. The van der Waals surface area contributed by atoms with Crippen LogP contribution >= 0.6 is 0 Å². The van der Waals surface area contributed by atoms with Crippen molar-refractivity contribution in [2.75, 3.05) is 13.1 Å². The molecule has 1 fully saturated rings. The average molecular weight is 512 g/mol. The van der Waals surface area contributed by atoms with Crippen molar-refractivity contribution in [3.8, 4) is 28.5 Å². The standard InChI is InChI=1S/C30H29N3O5/c34-26(29-31-19-27(37-29)25-5-4-6-28(32-25)38-30(35)36)16-11-21-7-12-23(13-8-21)24-14-9-22(10-15-24)20-33-17-2-1-3-18-33/h4-10,12-15,19H,1-3,11,16-18,20H2,(H,35,36). The number of Topliss-reactive ketones (excluding diaryl/α,β-unsaturated/α-hetero) is 1. The van der Waals surface area contributed by atoms with Gasteiger partial charge >= 0.3 is 6.16 Å². The van der Waals surface area contributed by atoms with E-state index in [2.05, 4.69) is 56.0 Å². The molecule has 1 N–H and O–H groups in total. The normalized spacial score (nSPS) is 13.8. The Kier molecular flexibility index (Phi) is 7.89. The van der Waals surface area contributed by atoms with Crippen molar-refractivity contribution < 1.29 is 23.8 Å². The van der Waals surface area contributed by atoms with Gasteiger partial charge in [0.15, 0.2) is 5.76 Å². The van der Waals surface area contributed by atoms with Crippen LogP contribution in [0.5, 0.6) is 5.88 Å². The maximum atomic E-state index is 12.7. The zero-order valence-corrected chi connectivity index (χ0v) is 21.0. The fourth-order valence-electron chi connectivity index (χ4n) is 4.63. The van der Waals surface area contributed by atoms with Crippen LogP contribution in [-0.4, -0.2) is 45.0 Å². The summed E-state index contributed by atoms with van der Waals surface area (Å²) in [6.07, 6.45) is 4.69. The number of ketones is 1. The topological polar surface area (TPSA) is 106 Å². The van der Waals surface area contributed by atoms with Crippen molar-refractivity contribution in [1.82, 2.24) is 14.9 Å². The lowest BCUT2D eigenvalue weighted by molar-refractivity contribution is 0.0950. The molecular weight excluding hydrogens is 482 g/mol. The molecule has 0 unspecified atom stereocenters. The van der Waals surface area contributed by atoms with Crippen LogP contribution in [0.25, 0.3) is 22.6 Å². The summed E-state index contributed by atoms with van der Waals surface area (Å²) >= 11 is 0. The Morgan fingerprint density at radius 1 is 0.895 bits per heavy atom. The highest BCUT2D eigenvalue weighted by Gasteiger charge is 2.16. The Hall–Kier alpha value is -4.30. The summed E-state index contributed by atoms with van der Waals surface area (Å²) in [5.74, 6) is -0.0539. The zero-order chi connectivity index (χ0) is 26.3. The van der Waals surface area contributed by atoms with E-state index in [4.69, 9.17) is 9.52 Å². The average Bonchev–Trinajstić information content (AvgIpc) is 3.44. The molecule has 0 aliphatic carbocycles. The number of carboxylic acid groups (broad SMARTS) is 1. The van der Waals surface area contributed by atoms with Crippen LogP contribution in [0.2, 0.25) is 0 Å². The number of oxazole rings is 1. The Bertz CT molecular complexity index is 1390. The molecule has 0 bridgehead atoms. The van der Waals surface area contributed by atoms with Gasteiger partial charge in [0.05, 0.1) is 6.20 Å². The van der Waals surface area contributed by atoms with Crippen LogP contribution in [0, 0.1) is 0 Å². The number of aromatic nitrogens is 2. The highest BCUT2D eigenvalue weighted by molar-refractivity contribution is 5.92. The first-order valence-corrected chi connectivity index (χ1v) is 12.8. The first-order chi connectivity index (χ1) is 18.5. The number of rotatable bonds is 9. The number of carbonyl (C=O) groups is 2. The van der Waals surface area contributed by atoms with E-state index in [-0.39, 0.29) is 29.7 Å². The number of hydrogen-bond acceptors (Lipinski definition) is 7. The van der Waals surface area contributed by atoms with Gasteiger partial charge in [-0.1, -0.05) is 61.0 Å². The third-order valence-electron chi connectivity index (χ3n) is 6.65. The number of benzene rings is 2. The van der Waals surface area contributed by atoms with Crippen LogP contribution < -0.4 is 4.74 Å². The number of pyridine rings is 1. The number of piperidine rings is 1. The van der Waals surface area contributed by atoms with Gasteiger partial charge in [0, 0.05) is 19.0 Å². The van der Waals surface area contributed by atoms with E-state index in [9.17, 15) is 9.59 Å². The molecule has 5 rings (SSSR count). The van der Waals surface area contributed by atoms with E-state index in [0.717, 1.165) is 17.7 Å². The van der Waals surface area contributed by atoms with Gasteiger partial charge in [-0.3, -0.25) is 9.69 Å². The van der Waals surface area contributed by atoms with Crippen molar-refractivity contribution in [1.29, 1.82) is 0 Å². The third-order valence-corrected chi connectivity index (χ3v) is 6.65. The van der Waals surface area contributed by atoms with Crippen LogP contribution in [0.4, 0.5) is 4.79 Å². The van der Waals surface area contributed by atoms with Crippen LogP contribution in [0.15, 0.2) is 77.3 Å². The fourth-order valence-corrected chi connectivity index (χ4v) is 4.63. The summed E-state index contributed by atoms with van der Waals surface area (Å²) < 4.78 is 10.1. The van der Waals surface area contributed by atoms with Gasteiger partial charge in [-0.25, -0.2) is 14.8 Å². The van der Waals surface area contributed by atoms with Gasteiger partial charge in [-0.05, 0) is 60.7 Å². The van der Waals surface area contributed by atoms with E-state index in [0.29, 0.717) is 12.1 Å². The van der Waals surface area contributed by atoms with E-state index in [1.54, 1.807) is 12.1 Å². The minimum Gasteiger partial charge on any atom is -0.449 e. The van der Waals surface area contributed by atoms with Crippen molar-refractivity contribution >= 4 is 11.9 Å². The molecule has 0 amide bonds. The second-order valence-corrected chi connectivity index (χ2v) is 9.41. The summed E-state index contributed by atoms with van der Waals surface area (Å²) in [6.45, 7) is 3.40. The molecule has 8 heteroatoms. The molecule has 2 aromatic heterocycles. The molecule has 1 aliphatic rings. The van der Waals surface area contributed by atoms with Crippen LogP contribution in [0.3, 0.4) is 0 Å². The largest absolute Gasteiger partial charge is 0.512 e. The molecule has 2 aromatic carbocycles. The Morgan fingerprint density at radius 3 is 2.26 bits per heavy atom. The number of aryl methyl sites for hydroxylation is 1. The van der Waals surface area contributed by atoms with Gasteiger partial charge in [0.2, 0.25) is 11.7 Å². The van der Waals surface area contributed by atoms with E-state index in [1.165, 1.54) is 55.7 Å². The van der Waals surface area contributed by atoms with Crippen molar-refractivity contribution in [3.63, 3.8) is 0 Å². The minimum absolute atomic E-state index is 0.00683. The van der Waals surface area contributed by atoms with Gasteiger partial charge in [0.25, 0.3) is 5.89 Å². The number of nitrogens with zero attached hydrogens (tertiary/aromatic N) is 3. The van der Waals surface area contributed by atoms with Crippen LogP contribution in [-0.2, 0) is 13.0 Å². The first kappa shape index (κ1) is 25.4. The highest BCUT2D eigenvalue weighted by atomic mass is 16.7. The lowest BCUT2D eigenvalue weighted by Gasteiger charge is -2.26. The number of likely N-dealkylation sites (tertiary alicyclic amines) is 1. The second kappa shape index (κ2) is 11.8. The predicted octanol–water partition coefficient (Wildman–Crippen LogP) is 6.26. The molecule has 1 saturated heterocycles. The van der Waals surface area contributed by atoms with Crippen molar-refractivity contribution in [2.45, 2.75) is 38.6 Å². The summed E-state index contributed by atoms with van der Waals surface area (Å²) in [4.78, 5) is 34.0. The lowest BCUT2D eigenvalue weighted by Crippen LogP contribution is -2.28. The lowest BCUT2D eigenvalue weighted by atomic mass is 10.00. The monoisotopic (exact) mass is 511 g/mol. The van der Waals surface area contributed by atoms with E-state index < -0.39 is 6.16 Å². The van der Waals surface area contributed by atoms with Gasteiger partial charge < -0.3 is 14.3 Å². The smallest absolute Gasteiger partial charge is 0.449 e. The third kappa shape index (κ3) is 6.52. The predicted molar refractivity (Wildman–Crippen MR) is 142 cm³/mol. The zero-order valence-electron chi connectivity index (χ0n) is 21.0. The molecule has 3 heterocycles. The molecule has 0 saturated carbocycles. The second-order valence-electron chi connectivity index (χ2n) is 9.41. The van der Waals surface area contributed by atoms with E-state index >= 15 is 0 Å². The SMILES string of the molecule is O=C(O)Oc1cccc(-c2cnc(C(=O)CCc3ccc(-c4ccc(CN5CCCCC5)cc4)cc3)o2)n1. The molecule has 0 atom stereocenters. The fraction of sp³-hybridized carbons (Fsp3) is 0.267. The molecule has 8 nitrogen and oxygen atoms in total. The number of hydrogen-bond donors (Lipinski definition) is 1. The summed E-state index contributed by atoms with van der Waals surface area (Å²) in [5.41, 5.74) is 5.04. The van der Waals surface area contributed by atoms with E-state index in [1.807, 2.05) is 12.1 Å². The maximum absolute atomic E-state index is 12.7. The first-order valence-electron chi connectivity index (χ1n) is 12.8. The highest BCUT2D eigenvalue weighted by Crippen LogP contribution is 2.24. The van der Waals surface area contributed by atoms with Gasteiger partial charge in [-0.15, -0.1) is 0 Å². The van der Waals surface area contributed by atoms with Gasteiger partial charge in [0.1, 0.15) is 5.69 Å². The number of carbonyl (C=O) groups excluding carboxylic acids is 1. The Morgan fingerprint density at radius 2 is 1.58 bits per heavy atom. The summed E-state index contributed by atoms with van der Waals surface area (Å²) in [6, 6.07) is 21.7. The maximum Gasteiger partial charge on any atom is 0.512 e. The summed E-state index contributed by atoms with van der Waals surface area (Å²) in [7, 11) is 0. The molecule has 38 heavy (non-hydrogen) atoms. The minimum atomic E-state index is -1.46. The van der Waals surface area contributed by atoms with Gasteiger partial charge in [-0.2, -0.15) is 0 Å². The molecule has 0 spiro atoms. The van der Waals surface area contributed by atoms with Crippen LogP contribution in [0.1, 0.15) is 47.5 Å². The molecule has 194 valence electrons. The quantitative estimate of drug-likeness (QED) is 0.207. The van der Waals surface area contributed by atoms with Crippen molar-refractivity contribution in [3.05, 3.63) is 89.9 Å². The Labute approximate surface area is 220 Å².